The Kier molecular flexibility index (Phi) is 7.38. The topological polar surface area (TPSA) is 32.8 Å². The zero-order valence-corrected chi connectivity index (χ0v) is 15.8. The van der Waals surface area contributed by atoms with Crippen molar-refractivity contribution in [3.8, 4) is 5.75 Å². The van der Waals surface area contributed by atoms with Crippen LogP contribution in [0.1, 0.15) is 44.6 Å². The summed E-state index contributed by atoms with van der Waals surface area (Å²) in [6.45, 7) is 3.92. The van der Waals surface area contributed by atoms with Gasteiger partial charge in [-0.3, -0.25) is 9.69 Å². The summed E-state index contributed by atoms with van der Waals surface area (Å²) >= 11 is 6.09. The molecular weight excluding hydrogens is 324 g/mol. The van der Waals surface area contributed by atoms with Crippen LogP contribution in [0.5, 0.6) is 5.75 Å². The van der Waals surface area contributed by atoms with Gasteiger partial charge in [0.2, 0.25) is 5.91 Å². The molecule has 1 fully saturated rings. The van der Waals surface area contributed by atoms with Crippen LogP contribution < -0.4 is 4.74 Å². The average molecular weight is 353 g/mol. The minimum absolute atomic E-state index is 0.216. The van der Waals surface area contributed by atoms with Gasteiger partial charge in [0.05, 0.1) is 13.7 Å². The van der Waals surface area contributed by atoms with Crippen LogP contribution in [0.3, 0.4) is 0 Å². The Labute approximate surface area is 150 Å². The molecule has 4 nitrogen and oxygen atoms in total. The zero-order valence-electron chi connectivity index (χ0n) is 15.1. The summed E-state index contributed by atoms with van der Waals surface area (Å²) in [6.07, 6.45) is 6.07. The number of carbonyl (C=O) groups is 1. The molecule has 1 aromatic carbocycles. The molecule has 1 amide bonds. The third-order valence-corrected chi connectivity index (χ3v) is 5.00. The van der Waals surface area contributed by atoms with E-state index >= 15 is 0 Å². The first-order valence-electron chi connectivity index (χ1n) is 8.85. The number of hydrogen-bond donors (Lipinski definition) is 0. The smallest absolute Gasteiger partial charge is 0.236 e. The highest BCUT2D eigenvalue weighted by Gasteiger charge is 2.24. The normalized spacial score (nSPS) is 15.5. The lowest BCUT2D eigenvalue weighted by Crippen LogP contribution is -2.45. The van der Waals surface area contributed by atoms with Crippen LogP contribution in [0, 0.1) is 0 Å². The van der Waals surface area contributed by atoms with Gasteiger partial charge in [0.25, 0.3) is 0 Å². The molecule has 0 aliphatic heterocycles. The molecule has 0 heterocycles. The summed E-state index contributed by atoms with van der Waals surface area (Å²) in [5.74, 6) is 1.02. The second kappa shape index (κ2) is 9.28. The van der Waals surface area contributed by atoms with Gasteiger partial charge in [0.15, 0.2) is 0 Å². The molecule has 0 atom stereocenters. The number of carbonyl (C=O) groups excluding carboxylic acids is 1. The van der Waals surface area contributed by atoms with Crippen molar-refractivity contribution in [2.45, 2.75) is 51.6 Å². The third-order valence-electron chi connectivity index (χ3n) is 4.76. The Balaban J connectivity index is 1.96. The molecule has 0 spiro atoms. The van der Waals surface area contributed by atoms with Crippen molar-refractivity contribution in [3.05, 3.63) is 28.8 Å². The molecule has 0 unspecified atom stereocenters. The molecular formula is C19H29ClN2O2. The van der Waals surface area contributed by atoms with Gasteiger partial charge in [-0.2, -0.15) is 0 Å². The van der Waals surface area contributed by atoms with E-state index in [1.807, 2.05) is 30.1 Å². The van der Waals surface area contributed by atoms with Gasteiger partial charge in [-0.05, 0) is 45.0 Å². The Bertz CT molecular complexity index is 544. The maximum Gasteiger partial charge on any atom is 0.236 e. The standard InChI is InChI=1S/C19H29ClN2O2/c1-4-22(17-8-6-5-7-9-17)19(23)14-21(2)13-15-12-16(20)10-11-18(15)24-3/h10-12,17H,4-9,13-14H2,1-3H3. The zero-order chi connectivity index (χ0) is 17.5. The molecule has 2 rings (SSSR count). The highest BCUT2D eigenvalue weighted by atomic mass is 35.5. The molecule has 24 heavy (non-hydrogen) atoms. The lowest BCUT2D eigenvalue weighted by molar-refractivity contribution is -0.135. The number of hydrogen-bond acceptors (Lipinski definition) is 3. The van der Waals surface area contributed by atoms with E-state index in [0.29, 0.717) is 24.2 Å². The molecule has 0 bridgehead atoms. The van der Waals surface area contributed by atoms with Crippen LogP contribution in [0.4, 0.5) is 0 Å². The van der Waals surface area contributed by atoms with Crippen LogP contribution >= 0.6 is 11.6 Å². The number of amides is 1. The van der Waals surface area contributed by atoms with Crippen molar-refractivity contribution in [2.75, 3.05) is 27.2 Å². The van der Waals surface area contributed by atoms with Gasteiger partial charge in [0.1, 0.15) is 5.75 Å². The number of ether oxygens (including phenoxy) is 1. The lowest BCUT2D eigenvalue weighted by atomic mass is 9.94. The second-order valence-corrected chi connectivity index (χ2v) is 7.04. The predicted octanol–water partition coefficient (Wildman–Crippen LogP) is 3.96. The summed E-state index contributed by atoms with van der Waals surface area (Å²) in [5.41, 5.74) is 1.00. The highest BCUT2D eigenvalue weighted by molar-refractivity contribution is 6.30. The van der Waals surface area contributed by atoms with Crippen molar-refractivity contribution in [2.24, 2.45) is 0 Å². The predicted molar refractivity (Wildman–Crippen MR) is 98.6 cm³/mol. The van der Waals surface area contributed by atoms with Gasteiger partial charge in [-0.25, -0.2) is 0 Å². The molecule has 0 saturated heterocycles. The first-order chi connectivity index (χ1) is 11.5. The van der Waals surface area contributed by atoms with E-state index in [2.05, 4.69) is 11.8 Å². The second-order valence-electron chi connectivity index (χ2n) is 6.60. The Hall–Kier alpha value is -1.26. The quantitative estimate of drug-likeness (QED) is 0.744. The number of methoxy groups -OCH3 is 1. The van der Waals surface area contributed by atoms with Crippen LogP contribution in [0.25, 0.3) is 0 Å². The molecule has 0 N–H and O–H groups in total. The summed E-state index contributed by atoms with van der Waals surface area (Å²) in [4.78, 5) is 16.8. The fraction of sp³-hybridized carbons (Fsp3) is 0.632. The van der Waals surface area contributed by atoms with E-state index < -0.39 is 0 Å². The first-order valence-corrected chi connectivity index (χ1v) is 9.23. The number of rotatable bonds is 7. The number of halogens is 1. The monoisotopic (exact) mass is 352 g/mol. The van der Waals surface area contributed by atoms with Crippen LogP contribution in [0.15, 0.2) is 18.2 Å². The Morgan fingerprint density at radius 3 is 2.62 bits per heavy atom. The summed E-state index contributed by atoms with van der Waals surface area (Å²) < 4.78 is 5.39. The Morgan fingerprint density at radius 1 is 1.29 bits per heavy atom. The van der Waals surface area contributed by atoms with E-state index in [-0.39, 0.29) is 5.91 Å². The molecule has 1 saturated carbocycles. The summed E-state index contributed by atoms with van der Waals surface area (Å²) in [5, 5.41) is 0.683. The highest BCUT2D eigenvalue weighted by Crippen LogP contribution is 2.25. The molecule has 1 aliphatic rings. The lowest BCUT2D eigenvalue weighted by Gasteiger charge is -2.34. The van der Waals surface area contributed by atoms with Crippen molar-refractivity contribution in [3.63, 3.8) is 0 Å². The van der Waals surface area contributed by atoms with Crippen LogP contribution in [-0.4, -0.2) is 49.0 Å². The van der Waals surface area contributed by atoms with Gasteiger partial charge in [-0.15, -0.1) is 0 Å². The van der Waals surface area contributed by atoms with Crippen molar-refractivity contribution in [1.29, 1.82) is 0 Å². The maximum absolute atomic E-state index is 12.7. The van der Waals surface area contributed by atoms with Gasteiger partial charge in [-0.1, -0.05) is 30.9 Å². The molecule has 0 radical (unpaired) electrons. The minimum Gasteiger partial charge on any atom is -0.496 e. The van der Waals surface area contributed by atoms with Crippen LogP contribution in [-0.2, 0) is 11.3 Å². The van der Waals surface area contributed by atoms with Crippen LogP contribution in [0.2, 0.25) is 5.02 Å². The van der Waals surface area contributed by atoms with E-state index in [0.717, 1.165) is 30.7 Å². The van der Waals surface area contributed by atoms with E-state index in [9.17, 15) is 4.79 Å². The molecule has 5 heteroatoms. The fourth-order valence-electron chi connectivity index (χ4n) is 3.57. The van der Waals surface area contributed by atoms with E-state index in [1.54, 1.807) is 7.11 Å². The summed E-state index contributed by atoms with van der Waals surface area (Å²) in [7, 11) is 3.62. The fourth-order valence-corrected chi connectivity index (χ4v) is 3.76. The average Bonchev–Trinajstić information content (AvgIpc) is 2.56. The molecule has 0 aromatic heterocycles. The van der Waals surface area contributed by atoms with E-state index in [4.69, 9.17) is 16.3 Å². The number of nitrogens with zero attached hydrogens (tertiary/aromatic N) is 2. The molecule has 134 valence electrons. The van der Waals surface area contributed by atoms with Crippen molar-refractivity contribution in [1.82, 2.24) is 9.80 Å². The minimum atomic E-state index is 0.216. The largest absolute Gasteiger partial charge is 0.496 e. The summed E-state index contributed by atoms with van der Waals surface area (Å²) in [6, 6.07) is 6.01. The van der Waals surface area contributed by atoms with Crippen molar-refractivity contribution < 1.29 is 9.53 Å². The van der Waals surface area contributed by atoms with Gasteiger partial charge < -0.3 is 9.64 Å². The number of likely N-dealkylation sites (N-methyl/N-ethyl adjacent to an activating group) is 2. The SMILES string of the molecule is CCN(C(=O)CN(C)Cc1cc(Cl)ccc1OC)C1CCCCC1. The first kappa shape index (κ1) is 19.1. The van der Waals surface area contributed by atoms with E-state index in [1.165, 1.54) is 19.3 Å². The number of benzene rings is 1. The Morgan fingerprint density at radius 2 is 2.00 bits per heavy atom. The molecule has 1 aromatic rings. The third kappa shape index (κ3) is 5.12. The van der Waals surface area contributed by atoms with Gasteiger partial charge in [0, 0.05) is 29.7 Å². The van der Waals surface area contributed by atoms with Crippen molar-refractivity contribution >= 4 is 17.5 Å². The molecule has 1 aliphatic carbocycles. The maximum atomic E-state index is 12.7. The van der Waals surface area contributed by atoms with Gasteiger partial charge >= 0.3 is 0 Å².